The molecule has 0 spiro atoms. The molecule has 0 saturated heterocycles. The monoisotopic (exact) mass is 204 g/mol. The van der Waals surface area contributed by atoms with Gasteiger partial charge < -0.3 is 0 Å². The molecule has 72 valence electrons. The summed E-state index contributed by atoms with van der Waals surface area (Å²) in [7, 11) is 0. The molecule has 2 heteroatoms. The summed E-state index contributed by atoms with van der Waals surface area (Å²) in [5, 5.41) is 2.15. The van der Waals surface area contributed by atoms with Crippen molar-refractivity contribution < 1.29 is 4.79 Å². The van der Waals surface area contributed by atoms with Crippen molar-refractivity contribution >= 4 is 16.9 Å². The van der Waals surface area contributed by atoms with Gasteiger partial charge in [0.2, 0.25) is 5.12 Å². The summed E-state index contributed by atoms with van der Waals surface area (Å²) in [4.78, 5) is 11.6. The van der Waals surface area contributed by atoms with Crippen molar-refractivity contribution in [3.8, 4) is 0 Å². The minimum absolute atomic E-state index is 0.251. The Labute approximate surface area is 88.2 Å². The van der Waals surface area contributed by atoms with E-state index in [-0.39, 0.29) is 10.5 Å². The van der Waals surface area contributed by atoms with Crippen LogP contribution in [0.3, 0.4) is 0 Å². The fourth-order valence-electron chi connectivity index (χ4n) is 1.60. The molecule has 0 aromatic heterocycles. The van der Waals surface area contributed by atoms with E-state index < -0.39 is 0 Å². The second-order valence-corrected chi connectivity index (χ2v) is 4.67. The molecule has 1 unspecified atom stereocenters. The second kappa shape index (κ2) is 3.62. The Bertz CT molecular complexity index is 369. The van der Waals surface area contributed by atoms with Crippen molar-refractivity contribution in [1.82, 2.24) is 0 Å². The maximum absolute atomic E-state index is 11.6. The van der Waals surface area contributed by atoms with E-state index in [2.05, 4.69) is 12.1 Å². The van der Waals surface area contributed by atoms with Gasteiger partial charge in [-0.15, -0.1) is 0 Å². The van der Waals surface area contributed by atoms with Crippen molar-refractivity contribution in [1.29, 1.82) is 0 Å². The van der Waals surface area contributed by atoms with E-state index >= 15 is 0 Å². The van der Waals surface area contributed by atoms with Crippen LogP contribution < -0.4 is 0 Å². The summed E-state index contributed by atoms with van der Waals surface area (Å²) >= 11 is 1.30. The van der Waals surface area contributed by atoms with Gasteiger partial charge in [0.25, 0.3) is 0 Å². The lowest BCUT2D eigenvalue weighted by Gasteiger charge is -2.18. The number of rotatable bonds is 2. The first-order valence-corrected chi connectivity index (χ1v) is 5.51. The van der Waals surface area contributed by atoms with Gasteiger partial charge in [-0.2, -0.15) is 0 Å². The number of hydrogen-bond donors (Lipinski definition) is 0. The fraction of sp³-hybridized carbons (Fsp3) is 0.250. The summed E-state index contributed by atoms with van der Waals surface area (Å²) in [6, 6.07) is 10.1. The molecule has 14 heavy (non-hydrogen) atoms. The highest BCUT2D eigenvalue weighted by Gasteiger charge is 2.33. The third-order valence-corrected chi connectivity index (χ3v) is 3.44. The lowest BCUT2D eigenvalue weighted by Crippen LogP contribution is -2.22. The minimum Gasteiger partial charge on any atom is -0.286 e. The van der Waals surface area contributed by atoms with E-state index in [4.69, 9.17) is 0 Å². The molecule has 1 atom stereocenters. The van der Waals surface area contributed by atoms with Crippen LogP contribution in [0.15, 0.2) is 41.8 Å². The van der Waals surface area contributed by atoms with Crippen LogP contribution in [0.25, 0.3) is 0 Å². The van der Waals surface area contributed by atoms with Gasteiger partial charge in [-0.3, -0.25) is 4.79 Å². The predicted octanol–water partition coefficient (Wildman–Crippen LogP) is 3.02. The molecule has 1 aromatic carbocycles. The molecular weight excluding hydrogens is 192 g/mol. The normalized spacial score (nSPS) is 25.6. The van der Waals surface area contributed by atoms with Crippen LogP contribution >= 0.6 is 11.8 Å². The van der Waals surface area contributed by atoms with Gasteiger partial charge >= 0.3 is 0 Å². The third-order valence-electron chi connectivity index (χ3n) is 2.49. The largest absolute Gasteiger partial charge is 0.286 e. The van der Waals surface area contributed by atoms with Gasteiger partial charge in [-0.25, -0.2) is 0 Å². The molecule has 0 bridgehead atoms. The highest BCUT2D eigenvalue weighted by molar-refractivity contribution is 8.16. The summed E-state index contributed by atoms with van der Waals surface area (Å²) in [6.45, 7) is 2.00. The number of benzene rings is 1. The molecule has 0 aliphatic carbocycles. The van der Waals surface area contributed by atoms with Crippen LogP contribution in [0.5, 0.6) is 0 Å². The zero-order valence-corrected chi connectivity index (χ0v) is 8.88. The highest BCUT2D eigenvalue weighted by atomic mass is 32.2. The van der Waals surface area contributed by atoms with E-state index in [9.17, 15) is 4.79 Å². The molecule has 0 fully saturated rings. The molecule has 1 heterocycles. The molecule has 1 aliphatic heterocycles. The Balaban J connectivity index is 2.19. The van der Waals surface area contributed by atoms with E-state index in [1.165, 1.54) is 17.3 Å². The second-order valence-electron chi connectivity index (χ2n) is 3.79. The summed E-state index contributed by atoms with van der Waals surface area (Å²) < 4.78 is 0. The topological polar surface area (TPSA) is 17.1 Å². The van der Waals surface area contributed by atoms with E-state index in [1.54, 1.807) is 0 Å². The Morgan fingerprint density at radius 1 is 1.29 bits per heavy atom. The van der Waals surface area contributed by atoms with Crippen LogP contribution in [0.2, 0.25) is 0 Å². The standard InChI is InChI=1S/C12H12OS/c1-12(7-8-14-11(12)13)9-10-5-3-2-4-6-10/h2-8H,9H2,1H3. The Kier molecular flexibility index (Phi) is 2.46. The number of carbonyl (C=O) groups is 1. The quantitative estimate of drug-likeness (QED) is 0.736. The Morgan fingerprint density at radius 2 is 2.00 bits per heavy atom. The SMILES string of the molecule is CC1(Cc2ccccc2)C=CSC1=O. The highest BCUT2D eigenvalue weighted by Crippen LogP contribution is 2.36. The average Bonchev–Trinajstić information content (AvgIpc) is 2.48. The summed E-state index contributed by atoms with van der Waals surface area (Å²) in [5.74, 6) is 0. The third kappa shape index (κ3) is 1.75. The van der Waals surface area contributed by atoms with Gasteiger partial charge in [0, 0.05) is 0 Å². The van der Waals surface area contributed by atoms with Crippen LogP contribution in [0.1, 0.15) is 12.5 Å². The molecule has 1 aliphatic rings. The number of carbonyl (C=O) groups excluding carboxylic acids is 1. The number of thioether (sulfide) groups is 1. The van der Waals surface area contributed by atoms with Crippen molar-refractivity contribution in [2.24, 2.45) is 5.41 Å². The molecule has 0 N–H and O–H groups in total. The maximum atomic E-state index is 11.6. The lowest BCUT2D eigenvalue weighted by atomic mass is 9.85. The summed E-state index contributed by atoms with van der Waals surface area (Å²) in [5.41, 5.74) is 0.918. The molecule has 0 radical (unpaired) electrons. The first kappa shape index (κ1) is 9.53. The van der Waals surface area contributed by atoms with Crippen molar-refractivity contribution in [3.63, 3.8) is 0 Å². The Hall–Kier alpha value is -1.02. The van der Waals surface area contributed by atoms with Crippen LogP contribution in [0, 0.1) is 5.41 Å². The van der Waals surface area contributed by atoms with E-state index in [0.717, 1.165) is 6.42 Å². The van der Waals surface area contributed by atoms with Crippen LogP contribution in [0.4, 0.5) is 0 Å². The maximum Gasteiger partial charge on any atom is 0.203 e. The first-order chi connectivity index (χ1) is 6.71. The van der Waals surface area contributed by atoms with Crippen LogP contribution in [-0.2, 0) is 11.2 Å². The number of allylic oxidation sites excluding steroid dienone is 1. The lowest BCUT2D eigenvalue weighted by molar-refractivity contribution is -0.116. The smallest absolute Gasteiger partial charge is 0.203 e. The van der Waals surface area contributed by atoms with Crippen molar-refractivity contribution in [2.45, 2.75) is 13.3 Å². The van der Waals surface area contributed by atoms with Gasteiger partial charge in [0.15, 0.2) is 0 Å². The van der Waals surface area contributed by atoms with Gasteiger partial charge in [0.05, 0.1) is 5.41 Å². The predicted molar refractivity (Wildman–Crippen MR) is 60.0 cm³/mol. The molecular formula is C12H12OS. The number of hydrogen-bond acceptors (Lipinski definition) is 2. The first-order valence-electron chi connectivity index (χ1n) is 4.63. The van der Waals surface area contributed by atoms with E-state index in [1.807, 2.05) is 36.6 Å². The van der Waals surface area contributed by atoms with Gasteiger partial charge in [0.1, 0.15) is 0 Å². The van der Waals surface area contributed by atoms with Gasteiger partial charge in [-0.1, -0.05) is 48.2 Å². The fourth-order valence-corrected chi connectivity index (χ4v) is 2.50. The molecule has 1 nitrogen and oxygen atoms in total. The molecule has 0 saturated carbocycles. The minimum atomic E-state index is -0.300. The van der Waals surface area contributed by atoms with Gasteiger partial charge in [-0.05, 0) is 24.3 Å². The zero-order valence-electron chi connectivity index (χ0n) is 8.07. The molecule has 1 aromatic rings. The zero-order chi connectivity index (χ0) is 10.0. The average molecular weight is 204 g/mol. The molecule has 0 amide bonds. The Morgan fingerprint density at radius 3 is 2.57 bits per heavy atom. The van der Waals surface area contributed by atoms with Crippen LogP contribution in [-0.4, -0.2) is 5.12 Å². The molecule has 2 rings (SSSR count). The van der Waals surface area contributed by atoms with E-state index in [0.29, 0.717) is 0 Å². The van der Waals surface area contributed by atoms with Crippen molar-refractivity contribution in [2.75, 3.05) is 0 Å². The van der Waals surface area contributed by atoms with Crippen molar-refractivity contribution in [3.05, 3.63) is 47.4 Å². The summed E-state index contributed by atoms with van der Waals surface area (Å²) in [6.07, 6.45) is 2.81.